The van der Waals surface area contributed by atoms with Gasteiger partial charge in [-0.05, 0) is 54.4 Å². The van der Waals surface area contributed by atoms with E-state index in [9.17, 15) is 21.6 Å². The van der Waals surface area contributed by atoms with E-state index in [4.69, 9.17) is 4.74 Å². The largest absolute Gasteiger partial charge is 0.457 e. The smallest absolute Gasteiger partial charge is 0.416 e. The molecule has 0 spiro atoms. The van der Waals surface area contributed by atoms with E-state index in [1.165, 1.54) is 18.3 Å². The van der Waals surface area contributed by atoms with Crippen molar-refractivity contribution in [1.29, 1.82) is 0 Å². The van der Waals surface area contributed by atoms with Crippen molar-refractivity contribution in [3.63, 3.8) is 0 Å². The normalized spacial score (nSPS) is 14.3. The van der Waals surface area contributed by atoms with Gasteiger partial charge in [0.2, 0.25) is 0 Å². The van der Waals surface area contributed by atoms with E-state index in [-0.39, 0.29) is 5.03 Å². The summed E-state index contributed by atoms with van der Waals surface area (Å²) in [4.78, 5) is 5.98. The van der Waals surface area contributed by atoms with Crippen LogP contribution in [0.2, 0.25) is 0 Å². The molecule has 0 unspecified atom stereocenters. The summed E-state index contributed by atoms with van der Waals surface area (Å²) >= 11 is 0. The Kier molecular flexibility index (Phi) is 5.38. The maximum Gasteiger partial charge on any atom is 0.416 e. The third kappa shape index (κ3) is 4.66. The highest BCUT2D eigenvalue weighted by Crippen LogP contribution is 2.35. The van der Waals surface area contributed by atoms with Crippen molar-refractivity contribution >= 4 is 15.5 Å². The van der Waals surface area contributed by atoms with E-state index >= 15 is 0 Å². The Labute approximate surface area is 178 Å². The van der Waals surface area contributed by atoms with Crippen LogP contribution in [0.1, 0.15) is 16.7 Å². The number of fused-ring (bicyclic) bond motifs is 1. The predicted molar refractivity (Wildman–Crippen MR) is 110 cm³/mol. The summed E-state index contributed by atoms with van der Waals surface area (Å²) in [5.74, 6) is 0.930. The SMILES string of the molecule is CS(=O)(=O)c1cc(N2CCc3c(cccc3Oc3ccc(C(F)(F)F)cc3)C2)ccn1. The van der Waals surface area contributed by atoms with Gasteiger partial charge in [0.1, 0.15) is 11.5 Å². The Bertz CT molecular complexity index is 1210. The van der Waals surface area contributed by atoms with Crippen molar-refractivity contribution in [3.05, 3.63) is 77.5 Å². The minimum Gasteiger partial charge on any atom is -0.457 e. The van der Waals surface area contributed by atoms with Crippen LogP contribution in [0.3, 0.4) is 0 Å². The number of benzene rings is 2. The zero-order valence-corrected chi connectivity index (χ0v) is 17.4. The topological polar surface area (TPSA) is 59.5 Å². The zero-order chi connectivity index (χ0) is 22.2. The molecule has 3 aromatic rings. The second kappa shape index (κ2) is 7.88. The van der Waals surface area contributed by atoms with Gasteiger partial charge in [0.25, 0.3) is 0 Å². The minimum atomic E-state index is -4.39. The molecule has 2 aromatic carbocycles. The fraction of sp³-hybridized carbons (Fsp3) is 0.227. The lowest BCUT2D eigenvalue weighted by Crippen LogP contribution is -2.30. The molecule has 2 heterocycles. The van der Waals surface area contributed by atoms with Crippen LogP contribution in [0.25, 0.3) is 0 Å². The summed E-state index contributed by atoms with van der Waals surface area (Å²) in [5, 5.41) is 0.0233. The number of nitrogens with zero attached hydrogens (tertiary/aromatic N) is 2. The molecule has 4 rings (SSSR count). The van der Waals surface area contributed by atoms with Crippen LogP contribution in [0, 0.1) is 0 Å². The third-order valence-corrected chi connectivity index (χ3v) is 6.08. The highest BCUT2D eigenvalue weighted by molar-refractivity contribution is 7.90. The van der Waals surface area contributed by atoms with E-state index in [2.05, 4.69) is 9.88 Å². The number of hydrogen-bond acceptors (Lipinski definition) is 5. The molecule has 0 saturated carbocycles. The Morgan fingerprint density at radius 1 is 1.06 bits per heavy atom. The summed E-state index contributed by atoms with van der Waals surface area (Å²) in [6.07, 6.45) is -1.15. The Hall–Kier alpha value is -3.07. The number of pyridine rings is 1. The average Bonchev–Trinajstić information content (AvgIpc) is 2.73. The van der Waals surface area contributed by atoms with Gasteiger partial charge in [0, 0.05) is 36.8 Å². The van der Waals surface area contributed by atoms with Crippen LogP contribution in [0.15, 0.2) is 65.8 Å². The first-order valence-electron chi connectivity index (χ1n) is 9.48. The first-order valence-corrected chi connectivity index (χ1v) is 11.4. The van der Waals surface area contributed by atoms with Crippen molar-refractivity contribution in [2.45, 2.75) is 24.2 Å². The zero-order valence-electron chi connectivity index (χ0n) is 16.6. The number of ether oxygens (including phenoxy) is 1. The predicted octanol–water partition coefficient (Wildman–Crippen LogP) is 4.86. The van der Waals surface area contributed by atoms with Crippen LogP contribution in [0.4, 0.5) is 18.9 Å². The van der Waals surface area contributed by atoms with E-state index in [1.54, 1.807) is 18.2 Å². The summed E-state index contributed by atoms with van der Waals surface area (Å²) in [6.45, 7) is 1.18. The Morgan fingerprint density at radius 2 is 1.81 bits per heavy atom. The van der Waals surface area contributed by atoms with Crippen molar-refractivity contribution in [3.8, 4) is 11.5 Å². The van der Waals surface area contributed by atoms with Gasteiger partial charge in [-0.3, -0.25) is 0 Å². The number of rotatable bonds is 4. The molecule has 0 aliphatic carbocycles. The second-order valence-corrected chi connectivity index (χ2v) is 9.28. The van der Waals surface area contributed by atoms with E-state index < -0.39 is 21.6 Å². The van der Waals surface area contributed by atoms with Gasteiger partial charge >= 0.3 is 6.18 Å². The van der Waals surface area contributed by atoms with E-state index in [1.807, 2.05) is 12.1 Å². The minimum absolute atomic E-state index is 0.0233. The van der Waals surface area contributed by atoms with E-state index in [0.717, 1.165) is 35.2 Å². The lowest BCUT2D eigenvalue weighted by Gasteiger charge is -2.31. The molecule has 162 valence electrons. The average molecular weight is 448 g/mol. The quantitative estimate of drug-likeness (QED) is 0.571. The molecule has 31 heavy (non-hydrogen) atoms. The maximum atomic E-state index is 12.8. The number of aromatic nitrogens is 1. The van der Waals surface area contributed by atoms with Crippen LogP contribution in [-0.4, -0.2) is 26.2 Å². The highest BCUT2D eigenvalue weighted by Gasteiger charge is 2.30. The molecule has 0 atom stereocenters. The van der Waals surface area contributed by atoms with Crippen molar-refractivity contribution in [1.82, 2.24) is 4.98 Å². The molecule has 1 aromatic heterocycles. The molecule has 5 nitrogen and oxygen atoms in total. The first-order chi connectivity index (χ1) is 14.6. The monoisotopic (exact) mass is 448 g/mol. The molecule has 1 aliphatic heterocycles. The summed E-state index contributed by atoms with van der Waals surface area (Å²) < 4.78 is 67.7. The summed E-state index contributed by atoms with van der Waals surface area (Å²) in [6, 6.07) is 13.5. The maximum absolute atomic E-state index is 12.8. The van der Waals surface area contributed by atoms with Crippen LogP contribution in [-0.2, 0) is 29.0 Å². The third-order valence-electron chi connectivity index (χ3n) is 5.10. The standard InChI is InChI=1S/C22H19F3N2O3S/c1-31(28,29)21-13-17(9-11-26-21)27-12-10-19-15(14-27)3-2-4-20(19)30-18-7-5-16(6-8-18)22(23,24)25/h2-9,11,13H,10,12,14H2,1H3. The number of alkyl halides is 3. The van der Waals surface area contributed by atoms with Gasteiger partial charge in [0.05, 0.1) is 5.56 Å². The van der Waals surface area contributed by atoms with Gasteiger partial charge in [0.15, 0.2) is 14.9 Å². The first kappa shape index (κ1) is 21.2. The number of hydrogen-bond donors (Lipinski definition) is 0. The van der Waals surface area contributed by atoms with Gasteiger partial charge in [-0.2, -0.15) is 13.2 Å². The molecule has 1 aliphatic rings. The van der Waals surface area contributed by atoms with Crippen LogP contribution >= 0.6 is 0 Å². The highest BCUT2D eigenvalue weighted by atomic mass is 32.2. The van der Waals surface area contributed by atoms with Gasteiger partial charge in [-0.1, -0.05) is 12.1 Å². The van der Waals surface area contributed by atoms with Gasteiger partial charge in [-0.25, -0.2) is 13.4 Å². The fourth-order valence-electron chi connectivity index (χ4n) is 3.53. The summed E-state index contributed by atoms with van der Waals surface area (Å²) in [5.41, 5.74) is 2.02. The molecular formula is C22H19F3N2O3S. The molecule has 0 N–H and O–H groups in total. The number of anilines is 1. The Morgan fingerprint density at radius 3 is 2.48 bits per heavy atom. The molecule has 9 heteroatoms. The van der Waals surface area contributed by atoms with Crippen LogP contribution < -0.4 is 9.64 Å². The molecule has 0 fully saturated rings. The number of sulfone groups is 1. The lowest BCUT2D eigenvalue weighted by molar-refractivity contribution is -0.137. The molecule has 0 amide bonds. The molecule has 0 saturated heterocycles. The van der Waals surface area contributed by atoms with Crippen molar-refractivity contribution < 1.29 is 26.3 Å². The molecule has 0 bridgehead atoms. The van der Waals surface area contributed by atoms with Crippen molar-refractivity contribution in [2.75, 3.05) is 17.7 Å². The lowest BCUT2D eigenvalue weighted by atomic mass is 9.98. The van der Waals surface area contributed by atoms with E-state index in [0.29, 0.717) is 31.0 Å². The summed E-state index contributed by atoms with van der Waals surface area (Å²) in [7, 11) is -3.41. The van der Waals surface area contributed by atoms with Gasteiger partial charge < -0.3 is 9.64 Å². The fourth-order valence-corrected chi connectivity index (χ4v) is 4.11. The molecular weight excluding hydrogens is 429 g/mol. The second-order valence-electron chi connectivity index (χ2n) is 7.31. The van der Waals surface area contributed by atoms with Gasteiger partial charge in [-0.15, -0.1) is 0 Å². The van der Waals surface area contributed by atoms with Crippen LogP contribution in [0.5, 0.6) is 11.5 Å². The Balaban J connectivity index is 1.56. The molecule has 0 radical (unpaired) electrons. The number of halogens is 3. The van der Waals surface area contributed by atoms with Crippen molar-refractivity contribution in [2.24, 2.45) is 0 Å².